The zero-order valence-corrected chi connectivity index (χ0v) is 20.5. The van der Waals surface area contributed by atoms with E-state index in [9.17, 15) is 9.90 Å². The van der Waals surface area contributed by atoms with E-state index in [0.717, 1.165) is 31.4 Å². The smallest absolute Gasteiger partial charge is 0.223 e. The van der Waals surface area contributed by atoms with Gasteiger partial charge in [0.2, 0.25) is 5.91 Å². The second-order valence-corrected chi connectivity index (χ2v) is 11.0. The van der Waals surface area contributed by atoms with Crippen LogP contribution in [-0.2, 0) is 19.0 Å². The number of fused-ring (bicyclic) bond motifs is 3. The van der Waals surface area contributed by atoms with Gasteiger partial charge in [-0.2, -0.15) is 0 Å². The summed E-state index contributed by atoms with van der Waals surface area (Å²) in [6.07, 6.45) is 3.19. The summed E-state index contributed by atoms with van der Waals surface area (Å²) < 4.78 is 23.9. The molecule has 7 atom stereocenters. The molecule has 7 heteroatoms. The van der Waals surface area contributed by atoms with Crippen LogP contribution >= 0.6 is 0 Å². The summed E-state index contributed by atoms with van der Waals surface area (Å²) in [5, 5.41) is 11.0. The lowest BCUT2D eigenvalue weighted by Gasteiger charge is -2.63. The van der Waals surface area contributed by atoms with Gasteiger partial charge in [0, 0.05) is 24.9 Å². The van der Waals surface area contributed by atoms with E-state index < -0.39 is 6.10 Å². The number of para-hydroxylation sites is 1. The molecule has 34 heavy (non-hydrogen) atoms. The Bertz CT molecular complexity index is 845. The van der Waals surface area contributed by atoms with Crippen molar-refractivity contribution in [1.29, 1.82) is 0 Å². The molecule has 0 spiro atoms. The monoisotopic (exact) mass is 473 g/mol. The van der Waals surface area contributed by atoms with Crippen molar-refractivity contribution < 1.29 is 28.8 Å². The zero-order valence-electron chi connectivity index (χ0n) is 20.5. The Morgan fingerprint density at radius 3 is 2.65 bits per heavy atom. The predicted octanol–water partition coefficient (Wildman–Crippen LogP) is 3.25. The highest BCUT2D eigenvalue weighted by molar-refractivity contribution is 5.76. The Kier molecular flexibility index (Phi) is 6.90. The molecule has 2 aliphatic heterocycles. The van der Waals surface area contributed by atoms with E-state index in [2.05, 4.69) is 13.8 Å². The molecular weight excluding hydrogens is 434 g/mol. The number of carbonyl (C=O) groups is 1. The van der Waals surface area contributed by atoms with E-state index in [4.69, 9.17) is 18.9 Å². The first-order valence-corrected chi connectivity index (χ1v) is 12.9. The van der Waals surface area contributed by atoms with Crippen LogP contribution in [0.15, 0.2) is 30.3 Å². The molecule has 0 bridgehead atoms. The van der Waals surface area contributed by atoms with Gasteiger partial charge in [-0.1, -0.05) is 32.0 Å². The summed E-state index contributed by atoms with van der Waals surface area (Å²) in [4.78, 5) is 15.0. The highest BCUT2D eigenvalue weighted by Gasteiger charge is 2.61. The van der Waals surface area contributed by atoms with Crippen LogP contribution in [0.25, 0.3) is 0 Å². The number of aliphatic hydroxyl groups is 1. The number of aliphatic hydroxyl groups excluding tert-OH is 1. The molecule has 4 aliphatic rings. The number of rotatable bonds is 5. The number of nitrogens with zero attached hydrogens (tertiary/aromatic N) is 1. The van der Waals surface area contributed by atoms with Gasteiger partial charge in [0.05, 0.1) is 32.0 Å². The average molecular weight is 474 g/mol. The van der Waals surface area contributed by atoms with Gasteiger partial charge in [0.25, 0.3) is 0 Å². The lowest BCUT2D eigenvalue weighted by molar-refractivity contribution is -0.313. The van der Waals surface area contributed by atoms with E-state index >= 15 is 0 Å². The molecule has 0 unspecified atom stereocenters. The Hall–Kier alpha value is -1.67. The van der Waals surface area contributed by atoms with E-state index in [0.29, 0.717) is 51.9 Å². The van der Waals surface area contributed by atoms with Crippen molar-refractivity contribution in [3.8, 4) is 5.75 Å². The molecule has 2 saturated heterocycles. The van der Waals surface area contributed by atoms with Crippen LogP contribution in [0.3, 0.4) is 0 Å². The van der Waals surface area contributed by atoms with Crippen LogP contribution in [0.5, 0.6) is 5.75 Å². The number of ether oxygens (including phenoxy) is 4. The lowest BCUT2D eigenvalue weighted by atomic mass is 9.46. The molecule has 0 radical (unpaired) electrons. The van der Waals surface area contributed by atoms with Crippen molar-refractivity contribution in [3.05, 3.63) is 30.3 Å². The van der Waals surface area contributed by atoms with E-state index in [1.54, 1.807) is 0 Å². The number of amides is 1. The summed E-state index contributed by atoms with van der Waals surface area (Å²) in [6, 6.07) is 9.74. The summed E-state index contributed by atoms with van der Waals surface area (Å²) in [5.41, 5.74) is -0.262. The fourth-order valence-corrected chi connectivity index (χ4v) is 7.18. The van der Waals surface area contributed by atoms with Crippen LogP contribution in [0.4, 0.5) is 0 Å². The molecular formula is C27H39NO6. The summed E-state index contributed by atoms with van der Waals surface area (Å²) >= 11 is 0. The Balaban J connectivity index is 1.26. The second-order valence-electron chi connectivity index (χ2n) is 11.0. The Morgan fingerprint density at radius 2 is 1.88 bits per heavy atom. The maximum atomic E-state index is 13.1. The summed E-state index contributed by atoms with van der Waals surface area (Å²) in [7, 11) is 0. The number of morpholine rings is 1. The summed E-state index contributed by atoms with van der Waals surface area (Å²) in [6.45, 7) is 8.06. The van der Waals surface area contributed by atoms with Gasteiger partial charge >= 0.3 is 0 Å². The van der Waals surface area contributed by atoms with Crippen LogP contribution in [0, 0.1) is 22.7 Å². The van der Waals surface area contributed by atoms with Gasteiger partial charge in [0.1, 0.15) is 12.4 Å². The minimum absolute atomic E-state index is 0.0430. The average Bonchev–Trinajstić information content (AvgIpc) is 2.86. The Labute approximate surface area is 202 Å². The van der Waals surface area contributed by atoms with Crippen molar-refractivity contribution in [3.63, 3.8) is 0 Å². The third-order valence-corrected chi connectivity index (χ3v) is 9.12. The van der Waals surface area contributed by atoms with E-state index in [-0.39, 0.29) is 35.0 Å². The second kappa shape index (κ2) is 9.76. The molecule has 2 saturated carbocycles. The molecule has 1 N–H and O–H groups in total. The van der Waals surface area contributed by atoms with Gasteiger partial charge in [-0.3, -0.25) is 4.79 Å². The SMILES string of the molecule is C[C@@]12CO[C@@H](COc3ccccc3)O[C@H]1CC[C@]1(C)[C@@H]2CC[C@@H](O)[C@H]1CC(=O)N1CCOCC1. The van der Waals surface area contributed by atoms with Gasteiger partial charge < -0.3 is 29.0 Å². The highest BCUT2D eigenvalue weighted by atomic mass is 16.7. The number of carbonyl (C=O) groups excluding carboxylic acids is 1. The number of benzene rings is 1. The standard InChI is InChI=1S/C27H39NO6/c1-26-11-10-23-27(2,18-33-25(34-23)17-32-19-6-4-3-5-7-19)22(26)9-8-21(29)20(26)16-24(30)28-12-14-31-15-13-28/h3-7,20-23,25,29H,8-18H2,1-2H3/t20-,21-,22+,23+,25-,26+,27+/m1/s1. The highest BCUT2D eigenvalue weighted by Crippen LogP contribution is 2.62. The van der Waals surface area contributed by atoms with Crippen LogP contribution in [0.2, 0.25) is 0 Å². The van der Waals surface area contributed by atoms with Gasteiger partial charge in [-0.15, -0.1) is 0 Å². The number of hydrogen-bond donors (Lipinski definition) is 1. The maximum Gasteiger partial charge on any atom is 0.223 e. The topological polar surface area (TPSA) is 77.5 Å². The van der Waals surface area contributed by atoms with Crippen LogP contribution in [0.1, 0.15) is 46.0 Å². The van der Waals surface area contributed by atoms with Crippen molar-refractivity contribution in [2.75, 3.05) is 39.5 Å². The zero-order chi connectivity index (χ0) is 23.8. The molecule has 0 aromatic heterocycles. The summed E-state index contributed by atoms with van der Waals surface area (Å²) in [5.74, 6) is 1.25. The normalized spacial score (nSPS) is 40.2. The van der Waals surface area contributed by atoms with E-state index in [1.165, 1.54) is 0 Å². The van der Waals surface area contributed by atoms with Crippen molar-refractivity contribution in [2.45, 2.75) is 64.4 Å². The molecule has 5 rings (SSSR count). The molecule has 2 aliphatic carbocycles. The first kappa shape index (κ1) is 24.0. The van der Waals surface area contributed by atoms with Crippen LogP contribution in [-0.4, -0.2) is 73.9 Å². The molecule has 1 amide bonds. The minimum atomic E-state index is -0.441. The van der Waals surface area contributed by atoms with Crippen molar-refractivity contribution in [2.24, 2.45) is 22.7 Å². The molecule has 4 fully saturated rings. The third kappa shape index (κ3) is 4.48. The van der Waals surface area contributed by atoms with Gasteiger partial charge in [0.15, 0.2) is 6.29 Å². The fourth-order valence-electron chi connectivity index (χ4n) is 7.18. The number of hydrogen-bond acceptors (Lipinski definition) is 6. The minimum Gasteiger partial charge on any atom is -0.488 e. The largest absolute Gasteiger partial charge is 0.488 e. The van der Waals surface area contributed by atoms with Crippen LogP contribution < -0.4 is 4.74 Å². The predicted molar refractivity (Wildman–Crippen MR) is 126 cm³/mol. The molecule has 1 aromatic carbocycles. The maximum absolute atomic E-state index is 13.1. The van der Waals surface area contributed by atoms with E-state index in [1.807, 2.05) is 35.2 Å². The molecule has 2 heterocycles. The van der Waals surface area contributed by atoms with Crippen molar-refractivity contribution in [1.82, 2.24) is 4.90 Å². The van der Waals surface area contributed by atoms with Gasteiger partial charge in [-0.05, 0) is 55.1 Å². The Morgan fingerprint density at radius 1 is 1.12 bits per heavy atom. The molecule has 7 nitrogen and oxygen atoms in total. The van der Waals surface area contributed by atoms with Crippen molar-refractivity contribution >= 4 is 5.91 Å². The first-order chi connectivity index (χ1) is 16.4. The molecule has 1 aromatic rings. The quantitative estimate of drug-likeness (QED) is 0.708. The lowest BCUT2D eigenvalue weighted by Crippen LogP contribution is -2.63. The third-order valence-electron chi connectivity index (χ3n) is 9.12. The molecule has 188 valence electrons. The first-order valence-electron chi connectivity index (χ1n) is 12.9. The fraction of sp³-hybridized carbons (Fsp3) is 0.741. The van der Waals surface area contributed by atoms with Gasteiger partial charge in [-0.25, -0.2) is 0 Å².